The van der Waals surface area contributed by atoms with Crippen LogP contribution < -0.4 is 0 Å². The van der Waals surface area contributed by atoms with E-state index in [1.54, 1.807) is 30.3 Å². The highest BCUT2D eigenvalue weighted by molar-refractivity contribution is 5.71. The maximum atomic E-state index is 11.5. The molecule has 0 bridgehead atoms. The number of carbonyl (C=O) groups excluding carboxylic acids is 1. The van der Waals surface area contributed by atoms with Crippen molar-refractivity contribution in [1.82, 2.24) is 0 Å². The van der Waals surface area contributed by atoms with E-state index < -0.39 is 0 Å². The average molecular weight is 234 g/mol. The van der Waals surface area contributed by atoms with Crippen LogP contribution in [0, 0.1) is 0 Å². The molecule has 0 spiro atoms. The molecule has 0 fully saturated rings. The molecule has 0 saturated heterocycles. The number of hydrogen-bond donors (Lipinski definition) is 1. The number of aromatic hydroxyl groups is 1. The van der Waals surface area contributed by atoms with Crippen LogP contribution in [0.15, 0.2) is 36.9 Å². The minimum absolute atomic E-state index is 0.0695. The second-order valence-electron chi connectivity index (χ2n) is 3.86. The summed E-state index contributed by atoms with van der Waals surface area (Å²) in [4.78, 5) is 11.5. The van der Waals surface area contributed by atoms with Gasteiger partial charge in [0.25, 0.3) is 0 Å². The summed E-state index contributed by atoms with van der Waals surface area (Å²) < 4.78 is 5.03. The molecular weight excluding hydrogens is 216 g/mol. The predicted molar refractivity (Wildman–Crippen MR) is 66.9 cm³/mol. The first-order valence-corrected chi connectivity index (χ1v) is 5.74. The van der Waals surface area contributed by atoms with Crippen molar-refractivity contribution in [2.45, 2.75) is 25.7 Å². The Bertz CT molecular complexity index is 368. The minimum Gasteiger partial charge on any atom is -0.508 e. The van der Waals surface area contributed by atoms with Crippen LogP contribution in [0.2, 0.25) is 0 Å². The number of carbonyl (C=O) groups is 1. The van der Waals surface area contributed by atoms with E-state index in [-0.39, 0.29) is 24.1 Å². The largest absolute Gasteiger partial charge is 0.508 e. The van der Waals surface area contributed by atoms with Gasteiger partial charge in [-0.05, 0) is 24.1 Å². The molecule has 0 aliphatic heterocycles. The zero-order valence-corrected chi connectivity index (χ0v) is 10.1. The molecule has 0 heterocycles. The molecule has 1 rings (SSSR count). The van der Waals surface area contributed by atoms with E-state index in [0.717, 1.165) is 12.0 Å². The number of phenols is 1. The van der Waals surface area contributed by atoms with Crippen LogP contribution in [0.4, 0.5) is 0 Å². The number of hydrogen-bond acceptors (Lipinski definition) is 3. The van der Waals surface area contributed by atoms with Gasteiger partial charge in [-0.1, -0.05) is 25.1 Å². The monoisotopic (exact) mass is 234 g/mol. The Morgan fingerprint density at radius 3 is 2.65 bits per heavy atom. The average Bonchev–Trinajstić information content (AvgIpc) is 2.34. The number of allylic oxidation sites excluding steroid dienone is 1. The van der Waals surface area contributed by atoms with E-state index in [1.807, 2.05) is 6.92 Å². The van der Waals surface area contributed by atoms with Gasteiger partial charge in [0.05, 0.1) is 13.0 Å². The van der Waals surface area contributed by atoms with Crippen LogP contribution in [0.3, 0.4) is 0 Å². The van der Waals surface area contributed by atoms with Crippen molar-refractivity contribution in [2.24, 2.45) is 0 Å². The van der Waals surface area contributed by atoms with Gasteiger partial charge in [-0.2, -0.15) is 0 Å². The SMILES string of the molecule is C=C[C@@H](CC(=O)OCCC)c1ccc(O)cc1. The molecule has 0 amide bonds. The first-order valence-electron chi connectivity index (χ1n) is 5.74. The second kappa shape index (κ2) is 6.74. The van der Waals surface area contributed by atoms with E-state index in [0.29, 0.717) is 6.61 Å². The number of rotatable bonds is 6. The van der Waals surface area contributed by atoms with Crippen LogP contribution in [-0.2, 0) is 9.53 Å². The molecule has 0 aliphatic carbocycles. The van der Waals surface area contributed by atoms with Crippen molar-refractivity contribution in [2.75, 3.05) is 6.61 Å². The van der Waals surface area contributed by atoms with Gasteiger partial charge in [0.2, 0.25) is 0 Å². The van der Waals surface area contributed by atoms with Crippen molar-refractivity contribution in [1.29, 1.82) is 0 Å². The van der Waals surface area contributed by atoms with Crippen LogP contribution in [0.5, 0.6) is 5.75 Å². The highest BCUT2D eigenvalue weighted by atomic mass is 16.5. The van der Waals surface area contributed by atoms with Crippen LogP contribution in [0.25, 0.3) is 0 Å². The predicted octanol–water partition coefficient (Wildman–Crippen LogP) is 3.01. The standard InChI is InChI=1S/C14H18O3/c1-3-9-17-14(16)10-11(4-2)12-5-7-13(15)8-6-12/h4-8,11,15H,2-3,9-10H2,1H3/t11-/m0/s1. The quantitative estimate of drug-likeness (QED) is 0.608. The van der Waals surface area contributed by atoms with Gasteiger partial charge in [0.15, 0.2) is 0 Å². The van der Waals surface area contributed by atoms with E-state index in [1.165, 1.54) is 0 Å². The highest BCUT2D eigenvalue weighted by Crippen LogP contribution is 2.23. The molecule has 1 aromatic carbocycles. The number of phenolic OH excluding ortho intramolecular Hbond substituents is 1. The topological polar surface area (TPSA) is 46.5 Å². The van der Waals surface area contributed by atoms with Gasteiger partial charge in [0, 0.05) is 5.92 Å². The molecule has 1 aromatic rings. The highest BCUT2D eigenvalue weighted by Gasteiger charge is 2.13. The Morgan fingerprint density at radius 1 is 1.47 bits per heavy atom. The van der Waals surface area contributed by atoms with Crippen molar-refractivity contribution in [3.05, 3.63) is 42.5 Å². The Labute approximate surface area is 102 Å². The second-order valence-corrected chi connectivity index (χ2v) is 3.86. The zero-order chi connectivity index (χ0) is 12.7. The summed E-state index contributed by atoms with van der Waals surface area (Å²) >= 11 is 0. The van der Waals surface area contributed by atoms with Gasteiger partial charge >= 0.3 is 5.97 Å². The Hall–Kier alpha value is -1.77. The fourth-order valence-corrected chi connectivity index (χ4v) is 1.51. The lowest BCUT2D eigenvalue weighted by molar-refractivity contribution is -0.143. The van der Waals surface area contributed by atoms with Crippen LogP contribution in [-0.4, -0.2) is 17.7 Å². The van der Waals surface area contributed by atoms with Crippen molar-refractivity contribution >= 4 is 5.97 Å². The minimum atomic E-state index is -0.218. The molecule has 0 aromatic heterocycles. The van der Waals surface area contributed by atoms with Crippen molar-refractivity contribution in [3.8, 4) is 5.75 Å². The van der Waals surface area contributed by atoms with E-state index in [4.69, 9.17) is 4.74 Å². The molecule has 1 atom stereocenters. The fraction of sp³-hybridized carbons (Fsp3) is 0.357. The lowest BCUT2D eigenvalue weighted by atomic mass is 9.96. The van der Waals surface area contributed by atoms with Crippen LogP contribution >= 0.6 is 0 Å². The first-order chi connectivity index (χ1) is 8.17. The lowest BCUT2D eigenvalue weighted by Crippen LogP contribution is -2.09. The molecule has 1 N–H and O–H groups in total. The Morgan fingerprint density at radius 2 is 2.12 bits per heavy atom. The van der Waals surface area contributed by atoms with Crippen molar-refractivity contribution < 1.29 is 14.6 Å². The molecular formula is C14H18O3. The molecule has 17 heavy (non-hydrogen) atoms. The zero-order valence-electron chi connectivity index (χ0n) is 10.1. The van der Waals surface area contributed by atoms with Gasteiger partial charge < -0.3 is 9.84 Å². The van der Waals surface area contributed by atoms with Crippen LogP contribution in [0.1, 0.15) is 31.2 Å². The maximum Gasteiger partial charge on any atom is 0.306 e. The molecule has 92 valence electrons. The normalized spacial score (nSPS) is 11.8. The van der Waals surface area contributed by atoms with Crippen molar-refractivity contribution in [3.63, 3.8) is 0 Å². The molecule has 0 unspecified atom stereocenters. The Kier molecular flexibility index (Phi) is 5.27. The lowest BCUT2D eigenvalue weighted by Gasteiger charge is -2.12. The summed E-state index contributed by atoms with van der Waals surface area (Å²) in [5, 5.41) is 9.19. The Balaban J connectivity index is 2.62. The summed E-state index contributed by atoms with van der Waals surface area (Å²) in [6.07, 6.45) is 2.83. The molecule has 0 aliphatic rings. The van der Waals surface area contributed by atoms with Gasteiger partial charge in [-0.25, -0.2) is 0 Å². The van der Waals surface area contributed by atoms with Gasteiger partial charge in [-0.15, -0.1) is 6.58 Å². The third kappa shape index (κ3) is 4.31. The summed E-state index contributed by atoms with van der Waals surface area (Å²) in [6.45, 7) is 6.14. The number of esters is 1. The third-order valence-electron chi connectivity index (χ3n) is 2.46. The van der Waals surface area contributed by atoms with Gasteiger partial charge in [-0.3, -0.25) is 4.79 Å². The van der Waals surface area contributed by atoms with E-state index in [2.05, 4.69) is 6.58 Å². The summed E-state index contributed by atoms with van der Waals surface area (Å²) in [5.74, 6) is -0.0742. The molecule has 3 nitrogen and oxygen atoms in total. The molecule has 0 saturated carbocycles. The smallest absolute Gasteiger partial charge is 0.306 e. The van der Waals surface area contributed by atoms with Gasteiger partial charge in [0.1, 0.15) is 5.75 Å². The summed E-state index contributed by atoms with van der Waals surface area (Å²) in [5.41, 5.74) is 0.950. The number of ether oxygens (including phenoxy) is 1. The molecule has 0 radical (unpaired) electrons. The fourth-order valence-electron chi connectivity index (χ4n) is 1.51. The van der Waals surface area contributed by atoms with E-state index >= 15 is 0 Å². The first kappa shape index (κ1) is 13.3. The summed E-state index contributed by atoms with van der Waals surface area (Å²) in [7, 11) is 0. The maximum absolute atomic E-state index is 11.5. The number of benzene rings is 1. The third-order valence-corrected chi connectivity index (χ3v) is 2.46. The van der Waals surface area contributed by atoms with E-state index in [9.17, 15) is 9.90 Å². The summed E-state index contributed by atoms with van der Waals surface area (Å²) in [6, 6.07) is 6.77. The molecule has 3 heteroatoms.